The molecule has 0 aliphatic carbocycles. The minimum atomic E-state index is -0.231. The molecule has 0 atom stereocenters. The van der Waals surface area contributed by atoms with E-state index in [9.17, 15) is 4.79 Å². The van der Waals surface area contributed by atoms with Crippen LogP contribution in [0.2, 0.25) is 0 Å². The van der Waals surface area contributed by atoms with Crippen molar-refractivity contribution in [3.63, 3.8) is 0 Å². The van der Waals surface area contributed by atoms with Crippen molar-refractivity contribution in [1.29, 1.82) is 0 Å². The van der Waals surface area contributed by atoms with E-state index in [0.29, 0.717) is 17.2 Å². The third-order valence-corrected chi connectivity index (χ3v) is 2.89. The number of methoxy groups -OCH3 is 2. The molecule has 2 aromatic carbocycles. The van der Waals surface area contributed by atoms with Crippen LogP contribution in [-0.4, -0.2) is 20.1 Å². The van der Waals surface area contributed by atoms with Crippen LogP contribution < -0.4 is 14.8 Å². The minimum Gasteiger partial charge on any atom is -0.497 e. The Balaban J connectivity index is 2.10. The van der Waals surface area contributed by atoms with Crippen LogP contribution in [0.25, 0.3) is 6.08 Å². The Bertz CT molecular complexity index is 636. The van der Waals surface area contributed by atoms with E-state index in [1.54, 1.807) is 38.5 Å². The summed E-state index contributed by atoms with van der Waals surface area (Å²) >= 11 is 0. The molecule has 0 aliphatic rings. The van der Waals surface area contributed by atoms with Crippen molar-refractivity contribution in [2.75, 3.05) is 19.5 Å². The first-order chi connectivity index (χ1) is 10.2. The topological polar surface area (TPSA) is 47.6 Å². The minimum absolute atomic E-state index is 0.231. The zero-order valence-corrected chi connectivity index (χ0v) is 12.0. The molecule has 0 saturated carbocycles. The highest BCUT2D eigenvalue weighted by molar-refractivity contribution is 6.02. The number of hydrogen-bond acceptors (Lipinski definition) is 3. The number of carbonyl (C=O) groups excluding carboxylic acids is 1. The molecule has 0 fully saturated rings. The summed E-state index contributed by atoms with van der Waals surface area (Å²) in [5, 5.41) is 2.78. The number of nitrogens with one attached hydrogen (secondary N) is 1. The van der Waals surface area contributed by atoms with Crippen molar-refractivity contribution < 1.29 is 14.3 Å². The van der Waals surface area contributed by atoms with E-state index in [4.69, 9.17) is 9.47 Å². The highest BCUT2D eigenvalue weighted by Gasteiger charge is 2.07. The molecule has 1 amide bonds. The van der Waals surface area contributed by atoms with E-state index in [0.717, 1.165) is 5.56 Å². The van der Waals surface area contributed by atoms with Gasteiger partial charge in [0, 0.05) is 12.1 Å². The van der Waals surface area contributed by atoms with Gasteiger partial charge in [-0.25, -0.2) is 0 Å². The second-order valence-corrected chi connectivity index (χ2v) is 4.30. The van der Waals surface area contributed by atoms with Crippen molar-refractivity contribution in [2.24, 2.45) is 0 Å². The molecule has 0 heterocycles. The number of amides is 1. The zero-order chi connectivity index (χ0) is 15.1. The predicted octanol–water partition coefficient (Wildman–Crippen LogP) is 3.36. The maximum atomic E-state index is 12.0. The second-order valence-electron chi connectivity index (χ2n) is 4.30. The van der Waals surface area contributed by atoms with Gasteiger partial charge in [-0.3, -0.25) is 4.79 Å². The van der Waals surface area contributed by atoms with Crippen LogP contribution in [0.4, 0.5) is 5.69 Å². The molecular weight excluding hydrogens is 266 g/mol. The van der Waals surface area contributed by atoms with Gasteiger partial charge < -0.3 is 14.8 Å². The van der Waals surface area contributed by atoms with E-state index in [-0.39, 0.29) is 5.91 Å². The highest BCUT2D eigenvalue weighted by atomic mass is 16.5. The number of rotatable bonds is 5. The summed E-state index contributed by atoms with van der Waals surface area (Å²) in [5.41, 5.74) is 1.53. The Morgan fingerprint density at radius 2 is 1.81 bits per heavy atom. The fourth-order valence-electron chi connectivity index (χ4n) is 1.82. The SMILES string of the molecule is COc1ccc(OC)c(NC(=O)/C=C/c2ccccc2)c1. The average Bonchev–Trinajstić information content (AvgIpc) is 2.54. The van der Waals surface area contributed by atoms with Gasteiger partial charge in [0.15, 0.2) is 0 Å². The van der Waals surface area contributed by atoms with E-state index in [1.807, 2.05) is 30.3 Å². The molecule has 0 saturated heterocycles. The molecular formula is C17H17NO3. The summed E-state index contributed by atoms with van der Waals surface area (Å²) in [4.78, 5) is 12.0. The smallest absolute Gasteiger partial charge is 0.248 e. The van der Waals surface area contributed by atoms with E-state index < -0.39 is 0 Å². The summed E-state index contributed by atoms with van der Waals surface area (Å²) in [6, 6.07) is 14.9. The molecule has 21 heavy (non-hydrogen) atoms. The molecule has 0 unspecified atom stereocenters. The van der Waals surface area contributed by atoms with Gasteiger partial charge in [-0.15, -0.1) is 0 Å². The van der Waals surface area contributed by atoms with Gasteiger partial charge >= 0.3 is 0 Å². The van der Waals surface area contributed by atoms with E-state index >= 15 is 0 Å². The van der Waals surface area contributed by atoms with Crippen LogP contribution in [0.3, 0.4) is 0 Å². The maximum Gasteiger partial charge on any atom is 0.248 e. The Morgan fingerprint density at radius 1 is 1.05 bits per heavy atom. The van der Waals surface area contributed by atoms with Crippen molar-refractivity contribution in [2.45, 2.75) is 0 Å². The van der Waals surface area contributed by atoms with Crippen LogP contribution in [-0.2, 0) is 4.79 Å². The lowest BCUT2D eigenvalue weighted by molar-refractivity contribution is -0.111. The van der Waals surface area contributed by atoms with Gasteiger partial charge in [0.2, 0.25) is 5.91 Å². The molecule has 0 bridgehead atoms. The molecule has 0 spiro atoms. The van der Waals surface area contributed by atoms with Crippen LogP contribution >= 0.6 is 0 Å². The second kappa shape index (κ2) is 7.14. The normalized spacial score (nSPS) is 10.4. The first-order valence-electron chi connectivity index (χ1n) is 6.49. The molecule has 108 valence electrons. The quantitative estimate of drug-likeness (QED) is 0.856. The standard InChI is InChI=1S/C17H17NO3/c1-20-14-9-10-16(21-2)15(12-14)18-17(19)11-8-13-6-4-3-5-7-13/h3-12H,1-2H3,(H,18,19)/b11-8+. The van der Waals surface area contributed by atoms with Crippen molar-refractivity contribution in [3.05, 3.63) is 60.2 Å². The van der Waals surface area contributed by atoms with Gasteiger partial charge in [0.1, 0.15) is 11.5 Å². The third kappa shape index (κ3) is 4.11. The lowest BCUT2D eigenvalue weighted by atomic mass is 10.2. The van der Waals surface area contributed by atoms with E-state index in [1.165, 1.54) is 6.08 Å². The fourth-order valence-corrected chi connectivity index (χ4v) is 1.82. The Morgan fingerprint density at radius 3 is 2.48 bits per heavy atom. The maximum absolute atomic E-state index is 12.0. The van der Waals surface area contributed by atoms with Gasteiger partial charge in [-0.2, -0.15) is 0 Å². The lowest BCUT2D eigenvalue weighted by Crippen LogP contribution is -2.09. The van der Waals surface area contributed by atoms with E-state index in [2.05, 4.69) is 5.32 Å². The predicted molar refractivity (Wildman–Crippen MR) is 83.7 cm³/mol. The van der Waals surface area contributed by atoms with Gasteiger partial charge in [-0.05, 0) is 23.8 Å². The monoisotopic (exact) mass is 283 g/mol. The Kier molecular flexibility index (Phi) is 4.99. The van der Waals surface area contributed by atoms with Crippen molar-refractivity contribution in [1.82, 2.24) is 0 Å². The fraction of sp³-hybridized carbons (Fsp3) is 0.118. The molecule has 0 aliphatic heterocycles. The first kappa shape index (κ1) is 14.7. The molecule has 0 aromatic heterocycles. The summed E-state index contributed by atoms with van der Waals surface area (Å²) in [5.74, 6) is 1.00. The van der Waals surface area contributed by atoms with Crippen LogP contribution in [0, 0.1) is 0 Å². The summed E-state index contributed by atoms with van der Waals surface area (Å²) in [6.07, 6.45) is 3.23. The summed E-state index contributed by atoms with van der Waals surface area (Å²) in [6.45, 7) is 0. The Hall–Kier alpha value is -2.75. The van der Waals surface area contributed by atoms with Crippen LogP contribution in [0.15, 0.2) is 54.6 Å². The Labute approximate surface area is 124 Å². The molecule has 4 heteroatoms. The van der Waals surface area contributed by atoms with Crippen molar-refractivity contribution in [3.8, 4) is 11.5 Å². The molecule has 1 N–H and O–H groups in total. The number of anilines is 1. The van der Waals surface area contributed by atoms with Gasteiger partial charge in [0.25, 0.3) is 0 Å². The third-order valence-electron chi connectivity index (χ3n) is 2.89. The van der Waals surface area contributed by atoms with Crippen molar-refractivity contribution >= 4 is 17.7 Å². The first-order valence-corrected chi connectivity index (χ1v) is 6.49. The molecule has 2 rings (SSSR count). The molecule has 2 aromatic rings. The lowest BCUT2D eigenvalue weighted by Gasteiger charge is -2.10. The van der Waals surface area contributed by atoms with Gasteiger partial charge in [-0.1, -0.05) is 30.3 Å². The van der Waals surface area contributed by atoms with Gasteiger partial charge in [0.05, 0.1) is 19.9 Å². The summed E-state index contributed by atoms with van der Waals surface area (Å²) < 4.78 is 10.4. The van der Waals surface area contributed by atoms with Crippen LogP contribution in [0.1, 0.15) is 5.56 Å². The highest BCUT2D eigenvalue weighted by Crippen LogP contribution is 2.28. The summed E-state index contributed by atoms with van der Waals surface area (Å²) in [7, 11) is 3.12. The number of carbonyl (C=O) groups is 1. The molecule has 0 radical (unpaired) electrons. The van der Waals surface area contributed by atoms with Crippen LogP contribution in [0.5, 0.6) is 11.5 Å². The molecule has 4 nitrogen and oxygen atoms in total. The zero-order valence-electron chi connectivity index (χ0n) is 12.0. The number of hydrogen-bond donors (Lipinski definition) is 1. The number of ether oxygens (including phenoxy) is 2. The number of benzene rings is 2. The largest absolute Gasteiger partial charge is 0.497 e. The average molecular weight is 283 g/mol.